The van der Waals surface area contributed by atoms with Crippen molar-refractivity contribution in [2.75, 3.05) is 6.61 Å². The molecule has 0 radical (unpaired) electrons. The highest BCUT2D eigenvalue weighted by molar-refractivity contribution is 5.60. The summed E-state index contributed by atoms with van der Waals surface area (Å²) in [7, 11) is 0. The number of aryl methyl sites for hydroxylation is 1. The SMILES string of the molecule is CCn1nc(-c2ccc(OCC(C)C)cc2)cc(CN)c1=O. The van der Waals surface area contributed by atoms with Crippen molar-refractivity contribution in [1.82, 2.24) is 9.78 Å². The number of rotatable bonds is 6. The van der Waals surface area contributed by atoms with Crippen LogP contribution in [0.3, 0.4) is 0 Å². The monoisotopic (exact) mass is 301 g/mol. The Balaban J connectivity index is 2.30. The van der Waals surface area contributed by atoms with Gasteiger partial charge in [0.05, 0.1) is 12.3 Å². The molecule has 0 aliphatic carbocycles. The third-order valence-electron chi connectivity index (χ3n) is 3.30. The van der Waals surface area contributed by atoms with Crippen LogP contribution >= 0.6 is 0 Å². The number of hydrogen-bond acceptors (Lipinski definition) is 4. The second-order valence-electron chi connectivity index (χ2n) is 5.61. The summed E-state index contributed by atoms with van der Waals surface area (Å²) in [5, 5.41) is 4.38. The van der Waals surface area contributed by atoms with E-state index in [-0.39, 0.29) is 12.1 Å². The first-order valence-electron chi connectivity index (χ1n) is 7.59. The summed E-state index contributed by atoms with van der Waals surface area (Å²) in [4.78, 5) is 12.0. The Labute approximate surface area is 130 Å². The van der Waals surface area contributed by atoms with E-state index in [2.05, 4.69) is 18.9 Å². The fourth-order valence-corrected chi connectivity index (χ4v) is 2.08. The van der Waals surface area contributed by atoms with Crippen molar-refractivity contribution in [3.63, 3.8) is 0 Å². The van der Waals surface area contributed by atoms with Gasteiger partial charge < -0.3 is 10.5 Å². The molecule has 0 spiro atoms. The fourth-order valence-electron chi connectivity index (χ4n) is 2.08. The number of nitrogens with zero attached hydrogens (tertiary/aromatic N) is 2. The minimum Gasteiger partial charge on any atom is -0.493 e. The van der Waals surface area contributed by atoms with Gasteiger partial charge in [0.2, 0.25) is 0 Å². The molecular formula is C17H23N3O2. The van der Waals surface area contributed by atoms with E-state index in [1.807, 2.05) is 31.2 Å². The molecule has 0 aliphatic heterocycles. The molecule has 2 aromatic rings. The molecule has 1 heterocycles. The maximum absolute atomic E-state index is 12.0. The number of hydrogen-bond donors (Lipinski definition) is 1. The van der Waals surface area contributed by atoms with Crippen LogP contribution in [0.2, 0.25) is 0 Å². The highest BCUT2D eigenvalue weighted by Crippen LogP contribution is 2.21. The standard InChI is InChI=1S/C17H23N3O2/c1-4-20-17(21)14(10-18)9-16(19-20)13-5-7-15(8-6-13)22-11-12(2)3/h5-9,12H,4,10-11,18H2,1-3H3. The van der Waals surface area contributed by atoms with E-state index in [4.69, 9.17) is 10.5 Å². The van der Waals surface area contributed by atoms with E-state index in [0.717, 1.165) is 17.0 Å². The van der Waals surface area contributed by atoms with Crippen LogP contribution in [-0.4, -0.2) is 16.4 Å². The van der Waals surface area contributed by atoms with Crippen LogP contribution < -0.4 is 16.0 Å². The molecule has 2 rings (SSSR count). The van der Waals surface area contributed by atoms with E-state index < -0.39 is 0 Å². The lowest BCUT2D eigenvalue weighted by Gasteiger charge is -2.10. The molecule has 0 aliphatic rings. The third-order valence-corrected chi connectivity index (χ3v) is 3.30. The Morgan fingerprint density at radius 2 is 1.95 bits per heavy atom. The summed E-state index contributed by atoms with van der Waals surface area (Å²) >= 11 is 0. The van der Waals surface area contributed by atoms with E-state index in [1.165, 1.54) is 4.68 Å². The van der Waals surface area contributed by atoms with Gasteiger partial charge in [0.25, 0.3) is 5.56 Å². The minimum absolute atomic E-state index is 0.120. The zero-order chi connectivity index (χ0) is 16.1. The predicted octanol–water partition coefficient (Wildman–Crippen LogP) is 2.42. The zero-order valence-corrected chi connectivity index (χ0v) is 13.4. The van der Waals surface area contributed by atoms with Gasteiger partial charge >= 0.3 is 0 Å². The first kappa shape index (κ1) is 16.2. The number of ether oxygens (including phenoxy) is 1. The van der Waals surface area contributed by atoms with Crippen LogP contribution in [0.15, 0.2) is 35.1 Å². The molecule has 118 valence electrons. The lowest BCUT2D eigenvalue weighted by atomic mass is 10.1. The molecule has 0 amide bonds. The average Bonchev–Trinajstić information content (AvgIpc) is 2.53. The summed E-state index contributed by atoms with van der Waals surface area (Å²) in [6.07, 6.45) is 0. The topological polar surface area (TPSA) is 70.1 Å². The van der Waals surface area contributed by atoms with Crippen molar-refractivity contribution < 1.29 is 4.74 Å². The van der Waals surface area contributed by atoms with Crippen LogP contribution in [0.25, 0.3) is 11.3 Å². The van der Waals surface area contributed by atoms with Gasteiger partial charge in [-0.3, -0.25) is 4.79 Å². The summed E-state index contributed by atoms with van der Waals surface area (Å²) in [6.45, 7) is 7.54. The molecule has 5 nitrogen and oxygen atoms in total. The van der Waals surface area contributed by atoms with Crippen molar-refractivity contribution >= 4 is 0 Å². The molecular weight excluding hydrogens is 278 g/mol. The van der Waals surface area contributed by atoms with E-state index in [1.54, 1.807) is 6.07 Å². The molecule has 0 saturated carbocycles. The molecule has 0 saturated heterocycles. The molecule has 0 bridgehead atoms. The normalized spacial score (nSPS) is 11.0. The summed E-state index contributed by atoms with van der Waals surface area (Å²) in [5.41, 5.74) is 7.79. The van der Waals surface area contributed by atoms with Crippen LogP contribution in [-0.2, 0) is 13.1 Å². The largest absolute Gasteiger partial charge is 0.493 e. The lowest BCUT2D eigenvalue weighted by Crippen LogP contribution is -2.27. The molecule has 5 heteroatoms. The van der Waals surface area contributed by atoms with Gasteiger partial charge in [-0.2, -0.15) is 5.10 Å². The predicted molar refractivity (Wildman–Crippen MR) is 87.8 cm³/mol. The molecule has 0 fully saturated rings. The van der Waals surface area contributed by atoms with Gasteiger partial charge in [0.15, 0.2) is 0 Å². The van der Waals surface area contributed by atoms with Gasteiger partial charge in [-0.25, -0.2) is 4.68 Å². The van der Waals surface area contributed by atoms with Gasteiger partial charge in [-0.1, -0.05) is 13.8 Å². The van der Waals surface area contributed by atoms with Crippen molar-refractivity contribution in [2.45, 2.75) is 33.9 Å². The molecule has 22 heavy (non-hydrogen) atoms. The molecule has 1 aromatic heterocycles. The fraction of sp³-hybridized carbons (Fsp3) is 0.412. The van der Waals surface area contributed by atoms with Gasteiger partial charge in [-0.15, -0.1) is 0 Å². The maximum atomic E-state index is 12.0. The van der Waals surface area contributed by atoms with Gasteiger partial charge in [0.1, 0.15) is 5.75 Å². The van der Waals surface area contributed by atoms with Crippen molar-refractivity contribution in [1.29, 1.82) is 0 Å². The van der Waals surface area contributed by atoms with Crippen LogP contribution in [0, 0.1) is 5.92 Å². The molecule has 0 atom stereocenters. The number of benzene rings is 1. The third kappa shape index (κ3) is 3.74. The Morgan fingerprint density at radius 3 is 2.50 bits per heavy atom. The smallest absolute Gasteiger partial charge is 0.271 e. The quantitative estimate of drug-likeness (QED) is 0.889. The van der Waals surface area contributed by atoms with E-state index >= 15 is 0 Å². The van der Waals surface area contributed by atoms with Crippen LogP contribution in [0.1, 0.15) is 26.3 Å². The highest BCUT2D eigenvalue weighted by atomic mass is 16.5. The summed E-state index contributed by atoms with van der Waals surface area (Å²) < 4.78 is 7.12. The Morgan fingerprint density at radius 1 is 1.27 bits per heavy atom. The van der Waals surface area contributed by atoms with Crippen molar-refractivity contribution in [2.24, 2.45) is 11.7 Å². The average molecular weight is 301 g/mol. The molecule has 2 N–H and O–H groups in total. The first-order chi connectivity index (χ1) is 10.5. The molecule has 1 aromatic carbocycles. The van der Waals surface area contributed by atoms with E-state index in [9.17, 15) is 4.79 Å². The number of aromatic nitrogens is 2. The van der Waals surface area contributed by atoms with E-state index in [0.29, 0.717) is 24.6 Å². The number of nitrogens with two attached hydrogens (primary N) is 1. The van der Waals surface area contributed by atoms with Crippen LogP contribution in [0.4, 0.5) is 0 Å². The van der Waals surface area contributed by atoms with Crippen molar-refractivity contribution in [3.8, 4) is 17.0 Å². The zero-order valence-electron chi connectivity index (χ0n) is 13.4. The molecule has 0 unspecified atom stereocenters. The highest BCUT2D eigenvalue weighted by Gasteiger charge is 2.08. The lowest BCUT2D eigenvalue weighted by molar-refractivity contribution is 0.271. The summed E-state index contributed by atoms with van der Waals surface area (Å²) in [5.74, 6) is 1.32. The second-order valence-corrected chi connectivity index (χ2v) is 5.61. The van der Waals surface area contributed by atoms with Crippen LogP contribution in [0.5, 0.6) is 5.75 Å². The second kappa shape index (κ2) is 7.22. The van der Waals surface area contributed by atoms with Gasteiger partial charge in [0, 0.05) is 24.2 Å². The minimum atomic E-state index is -0.120. The Bertz CT molecular complexity index is 647. The Hall–Kier alpha value is -2.14. The first-order valence-corrected chi connectivity index (χ1v) is 7.59. The maximum Gasteiger partial charge on any atom is 0.271 e. The van der Waals surface area contributed by atoms with Crippen molar-refractivity contribution in [3.05, 3.63) is 46.2 Å². The Kier molecular flexibility index (Phi) is 5.33. The summed E-state index contributed by atoms with van der Waals surface area (Å²) in [6, 6.07) is 9.50. The van der Waals surface area contributed by atoms with Gasteiger partial charge in [-0.05, 0) is 43.2 Å².